The van der Waals surface area contributed by atoms with Crippen LogP contribution in [0.5, 0.6) is 0 Å². The zero-order valence-electron chi connectivity index (χ0n) is 10.8. The number of halogens is 1. The van der Waals surface area contributed by atoms with Crippen LogP contribution in [0.3, 0.4) is 0 Å². The lowest BCUT2D eigenvalue weighted by molar-refractivity contribution is 0.0678. The molecule has 1 saturated heterocycles. The first-order valence-electron chi connectivity index (χ1n) is 6.44. The Morgan fingerprint density at radius 1 is 1.47 bits per heavy atom. The second kappa shape index (κ2) is 5.71. The summed E-state index contributed by atoms with van der Waals surface area (Å²) in [6.07, 6.45) is 1.98. The summed E-state index contributed by atoms with van der Waals surface area (Å²) in [6.45, 7) is 3.29. The van der Waals surface area contributed by atoms with Gasteiger partial charge in [0.15, 0.2) is 0 Å². The molecule has 19 heavy (non-hydrogen) atoms. The van der Waals surface area contributed by atoms with Crippen LogP contribution >= 0.6 is 0 Å². The summed E-state index contributed by atoms with van der Waals surface area (Å²) in [5.41, 5.74) is -0.365. The summed E-state index contributed by atoms with van der Waals surface area (Å²) in [7, 11) is -1.91. The van der Waals surface area contributed by atoms with Crippen molar-refractivity contribution in [1.82, 2.24) is 4.90 Å². The molecule has 0 unspecified atom stereocenters. The summed E-state index contributed by atoms with van der Waals surface area (Å²) >= 11 is 0. The van der Waals surface area contributed by atoms with Gasteiger partial charge in [0, 0.05) is 18.6 Å². The van der Waals surface area contributed by atoms with Crippen molar-refractivity contribution in [3.63, 3.8) is 0 Å². The summed E-state index contributed by atoms with van der Waals surface area (Å²) in [6, 6.07) is 4.09. The molecular weight excluding hydrogens is 248 g/mol. The van der Waals surface area contributed by atoms with E-state index in [0.717, 1.165) is 12.8 Å². The van der Waals surface area contributed by atoms with Crippen molar-refractivity contribution >= 4 is 18.5 Å². The fraction of sp³-hybridized carbons (Fsp3) is 0.462. The maximum Gasteiger partial charge on any atom is 0.491 e. The van der Waals surface area contributed by atoms with E-state index in [-0.39, 0.29) is 16.9 Å². The smallest absolute Gasteiger partial charge is 0.423 e. The number of likely N-dealkylation sites (tertiary alicyclic amines) is 1. The lowest BCUT2D eigenvalue weighted by Gasteiger charge is -2.31. The Bertz CT molecular complexity index is 481. The van der Waals surface area contributed by atoms with Gasteiger partial charge in [0.25, 0.3) is 5.91 Å². The molecule has 1 amide bonds. The fourth-order valence-corrected chi connectivity index (χ4v) is 2.46. The molecule has 2 rings (SSSR count). The molecule has 0 aliphatic carbocycles. The van der Waals surface area contributed by atoms with Gasteiger partial charge in [-0.2, -0.15) is 0 Å². The molecule has 1 aliphatic heterocycles. The van der Waals surface area contributed by atoms with Gasteiger partial charge in [0.2, 0.25) is 0 Å². The van der Waals surface area contributed by atoms with Crippen LogP contribution in [0.15, 0.2) is 18.2 Å². The number of hydrogen-bond donors (Lipinski definition) is 2. The molecule has 1 aromatic carbocycles. The Morgan fingerprint density at radius 3 is 2.84 bits per heavy atom. The van der Waals surface area contributed by atoms with Gasteiger partial charge in [0.1, 0.15) is 5.82 Å². The summed E-state index contributed by atoms with van der Waals surface area (Å²) in [4.78, 5) is 13.9. The van der Waals surface area contributed by atoms with Crippen molar-refractivity contribution in [2.24, 2.45) is 5.92 Å². The standard InChI is InChI=1S/C13H17BFNO3/c1-9-4-3-7-16(8-9)13(17)10-5-2-6-11(12(10)15)14(18)19/h2,5-6,9,18-19H,3-4,7-8H2,1H3/t9-/m1/s1. The van der Waals surface area contributed by atoms with E-state index in [1.807, 2.05) is 0 Å². The highest BCUT2D eigenvalue weighted by atomic mass is 19.1. The van der Waals surface area contributed by atoms with Gasteiger partial charge in [-0.05, 0) is 24.8 Å². The molecule has 0 bridgehead atoms. The number of benzene rings is 1. The molecule has 0 saturated carbocycles. The van der Waals surface area contributed by atoms with E-state index in [0.29, 0.717) is 19.0 Å². The number of nitrogens with zero attached hydrogens (tertiary/aromatic N) is 1. The Balaban J connectivity index is 2.26. The van der Waals surface area contributed by atoms with Crippen molar-refractivity contribution < 1.29 is 19.2 Å². The summed E-state index contributed by atoms with van der Waals surface area (Å²) in [5.74, 6) is -0.820. The van der Waals surface area contributed by atoms with Crippen LogP contribution in [0, 0.1) is 11.7 Å². The number of hydrogen-bond acceptors (Lipinski definition) is 3. The predicted octanol–water partition coefficient (Wildman–Crippen LogP) is 0.378. The SMILES string of the molecule is C[C@@H]1CCCN(C(=O)c2cccc(B(O)O)c2F)C1. The average molecular weight is 265 g/mol. The number of amides is 1. The third-order valence-corrected chi connectivity index (χ3v) is 3.48. The third kappa shape index (κ3) is 2.96. The van der Waals surface area contributed by atoms with E-state index in [9.17, 15) is 9.18 Å². The van der Waals surface area contributed by atoms with E-state index >= 15 is 0 Å². The maximum atomic E-state index is 14.1. The molecule has 0 spiro atoms. The van der Waals surface area contributed by atoms with Crippen LogP contribution in [-0.2, 0) is 0 Å². The number of rotatable bonds is 2. The lowest BCUT2D eigenvalue weighted by atomic mass is 9.79. The molecule has 102 valence electrons. The quantitative estimate of drug-likeness (QED) is 0.760. The topological polar surface area (TPSA) is 60.8 Å². The highest BCUT2D eigenvalue weighted by Gasteiger charge is 2.27. The number of carbonyl (C=O) groups excluding carboxylic acids is 1. The van der Waals surface area contributed by atoms with E-state index in [1.165, 1.54) is 18.2 Å². The molecule has 1 aliphatic rings. The molecule has 4 nitrogen and oxygen atoms in total. The zero-order valence-corrected chi connectivity index (χ0v) is 10.8. The third-order valence-electron chi connectivity index (χ3n) is 3.48. The van der Waals surface area contributed by atoms with E-state index in [1.54, 1.807) is 4.90 Å². The van der Waals surface area contributed by atoms with Crippen molar-refractivity contribution in [2.45, 2.75) is 19.8 Å². The Morgan fingerprint density at radius 2 is 2.21 bits per heavy atom. The van der Waals surface area contributed by atoms with Crippen LogP contribution in [-0.4, -0.2) is 41.1 Å². The first-order valence-corrected chi connectivity index (χ1v) is 6.44. The van der Waals surface area contributed by atoms with Crippen LogP contribution in [0.2, 0.25) is 0 Å². The van der Waals surface area contributed by atoms with Gasteiger partial charge in [-0.25, -0.2) is 4.39 Å². The average Bonchev–Trinajstić information content (AvgIpc) is 2.38. The Hall–Kier alpha value is -1.40. The molecular formula is C13H17BFNO3. The van der Waals surface area contributed by atoms with Crippen LogP contribution in [0.4, 0.5) is 4.39 Å². The van der Waals surface area contributed by atoms with Gasteiger partial charge in [0.05, 0.1) is 5.56 Å². The van der Waals surface area contributed by atoms with Gasteiger partial charge in [-0.15, -0.1) is 0 Å². The first-order chi connectivity index (χ1) is 9.00. The van der Waals surface area contributed by atoms with Gasteiger partial charge < -0.3 is 14.9 Å². The van der Waals surface area contributed by atoms with E-state index in [4.69, 9.17) is 10.0 Å². The Kier molecular flexibility index (Phi) is 4.22. The first kappa shape index (κ1) is 14.0. The summed E-state index contributed by atoms with van der Waals surface area (Å²) in [5, 5.41) is 18.1. The molecule has 1 aromatic rings. The van der Waals surface area contributed by atoms with Crippen LogP contribution in [0.1, 0.15) is 30.1 Å². The monoisotopic (exact) mass is 265 g/mol. The largest absolute Gasteiger partial charge is 0.491 e. The van der Waals surface area contributed by atoms with Gasteiger partial charge >= 0.3 is 7.12 Å². The summed E-state index contributed by atoms with van der Waals surface area (Å²) < 4.78 is 14.1. The minimum atomic E-state index is -1.91. The molecule has 1 fully saturated rings. The molecule has 2 N–H and O–H groups in total. The van der Waals surface area contributed by atoms with Crippen molar-refractivity contribution in [1.29, 1.82) is 0 Å². The molecule has 1 heterocycles. The Labute approximate surface area is 112 Å². The van der Waals surface area contributed by atoms with Gasteiger partial charge in [-0.3, -0.25) is 4.79 Å². The predicted molar refractivity (Wildman–Crippen MR) is 70.5 cm³/mol. The number of carbonyl (C=O) groups is 1. The second-order valence-corrected chi connectivity index (χ2v) is 5.08. The van der Waals surface area contributed by atoms with E-state index < -0.39 is 12.9 Å². The number of piperidine rings is 1. The second-order valence-electron chi connectivity index (χ2n) is 5.08. The van der Waals surface area contributed by atoms with Crippen molar-refractivity contribution in [3.8, 4) is 0 Å². The van der Waals surface area contributed by atoms with E-state index in [2.05, 4.69) is 6.92 Å². The van der Waals surface area contributed by atoms with Gasteiger partial charge in [-0.1, -0.05) is 19.1 Å². The highest BCUT2D eigenvalue weighted by molar-refractivity contribution is 6.58. The molecule has 6 heteroatoms. The normalized spacial score (nSPS) is 19.4. The van der Waals surface area contributed by atoms with Crippen molar-refractivity contribution in [3.05, 3.63) is 29.6 Å². The fourth-order valence-electron chi connectivity index (χ4n) is 2.46. The van der Waals surface area contributed by atoms with Crippen molar-refractivity contribution in [2.75, 3.05) is 13.1 Å². The molecule has 0 radical (unpaired) electrons. The maximum absolute atomic E-state index is 14.1. The minimum absolute atomic E-state index is 0.0975. The zero-order chi connectivity index (χ0) is 14.0. The molecule has 0 aromatic heterocycles. The lowest BCUT2D eigenvalue weighted by Crippen LogP contribution is -2.41. The molecule has 1 atom stereocenters. The minimum Gasteiger partial charge on any atom is -0.423 e. The highest BCUT2D eigenvalue weighted by Crippen LogP contribution is 2.18. The van der Waals surface area contributed by atoms with Crippen LogP contribution in [0.25, 0.3) is 0 Å². The van der Waals surface area contributed by atoms with Crippen LogP contribution < -0.4 is 5.46 Å².